The third-order valence-electron chi connectivity index (χ3n) is 4.25. The first-order valence-corrected chi connectivity index (χ1v) is 9.23. The monoisotopic (exact) mass is 413 g/mol. The van der Waals surface area contributed by atoms with Gasteiger partial charge >= 0.3 is 5.97 Å². The van der Waals surface area contributed by atoms with Crippen LogP contribution in [0.1, 0.15) is 23.2 Å². The molecule has 0 radical (unpaired) electrons. The van der Waals surface area contributed by atoms with Crippen molar-refractivity contribution in [3.63, 3.8) is 0 Å². The molecule has 9 nitrogen and oxygen atoms in total. The van der Waals surface area contributed by atoms with Gasteiger partial charge in [0, 0.05) is 17.7 Å². The summed E-state index contributed by atoms with van der Waals surface area (Å²) in [4.78, 5) is 16.5. The summed E-state index contributed by atoms with van der Waals surface area (Å²) in [7, 11) is 4.32. The summed E-state index contributed by atoms with van der Waals surface area (Å²) in [6.45, 7) is 2.72. The van der Waals surface area contributed by atoms with Crippen LogP contribution in [0.5, 0.6) is 17.2 Å². The minimum atomic E-state index is -0.515. The molecule has 0 spiro atoms. The molecule has 0 saturated carbocycles. The molecule has 0 unspecified atom stereocenters. The van der Waals surface area contributed by atoms with Crippen molar-refractivity contribution in [2.45, 2.75) is 13.5 Å². The molecule has 0 aliphatic heterocycles. The van der Waals surface area contributed by atoms with Crippen LogP contribution in [0, 0.1) is 0 Å². The summed E-state index contributed by atoms with van der Waals surface area (Å²) in [5, 5.41) is 7.11. The second kappa shape index (κ2) is 9.64. The van der Waals surface area contributed by atoms with E-state index in [1.807, 2.05) is 31.2 Å². The Hall–Kier alpha value is -3.75. The number of carbonyl (C=O) groups excluding carboxylic acids is 1. The summed E-state index contributed by atoms with van der Waals surface area (Å²) < 4.78 is 26.2. The number of hydrogen-bond donors (Lipinski definition) is 1. The SMILES string of the molecule is CCOc1ccc(-c2noc(CNc3cc(OC)c(OC)cc3C(=O)OC)n2)cc1. The van der Waals surface area contributed by atoms with Gasteiger partial charge in [-0.3, -0.25) is 0 Å². The Balaban J connectivity index is 1.78. The van der Waals surface area contributed by atoms with Crippen molar-refractivity contribution in [2.24, 2.45) is 0 Å². The summed E-state index contributed by atoms with van der Waals surface area (Å²) in [6, 6.07) is 10.6. The number of methoxy groups -OCH3 is 3. The number of hydrogen-bond acceptors (Lipinski definition) is 9. The van der Waals surface area contributed by atoms with Crippen molar-refractivity contribution in [1.29, 1.82) is 0 Å². The van der Waals surface area contributed by atoms with E-state index in [2.05, 4.69) is 15.5 Å². The molecule has 0 fully saturated rings. The van der Waals surface area contributed by atoms with Crippen molar-refractivity contribution >= 4 is 11.7 Å². The summed E-state index contributed by atoms with van der Waals surface area (Å²) >= 11 is 0. The molecular weight excluding hydrogens is 390 g/mol. The fourth-order valence-corrected chi connectivity index (χ4v) is 2.79. The van der Waals surface area contributed by atoms with E-state index in [1.54, 1.807) is 12.1 Å². The van der Waals surface area contributed by atoms with Gasteiger partial charge in [-0.25, -0.2) is 4.79 Å². The largest absolute Gasteiger partial charge is 0.494 e. The maximum absolute atomic E-state index is 12.2. The highest BCUT2D eigenvalue weighted by atomic mass is 16.5. The number of anilines is 1. The second-order valence-corrected chi connectivity index (χ2v) is 6.07. The number of carbonyl (C=O) groups is 1. The van der Waals surface area contributed by atoms with Crippen molar-refractivity contribution < 1.29 is 28.3 Å². The lowest BCUT2D eigenvalue weighted by Crippen LogP contribution is -2.09. The van der Waals surface area contributed by atoms with Crippen LogP contribution in [0.25, 0.3) is 11.4 Å². The van der Waals surface area contributed by atoms with E-state index in [0.29, 0.717) is 41.1 Å². The number of esters is 1. The van der Waals surface area contributed by atoms with Crippen LogP contribution in [0.2, 0.25) is 0 Å². The van der Waals surface area contributed by atoms with Gasteiger partial charge < -0.3 is 28.8 Å². The quantitative estimate of drug-likeness (QED) is 0.527. The number of rotatable bonds is 9. The van der Waals surface area contributed by atoms with Gasteiger partial charge in [0.25, 0.3) is 0 Å². The minimum absolute atomic E-state index is 0.198. The average Bonchev–Trinajstić information content (AvgIpc) is 3.26. The highest BCUT2D eigenvalue weighted by molar-refractivity contribution is 5.96. The standard InChI is InChI=1S/C21H23N3O6/c1-5-29-14-8-6-13(7-9-14)20-23-19(30-24-20)12-22-16-11-18(27-3)17(26-2)10-15(16)21(25)28-4/h6-11,22H,5,12H2,1-4H3. The molecule has 2 aromatic carbocycles. The Morgan fingerprint density at radius 2 is 1.77 bits per heavy atom. The molecule has 1 heterocycles. The lowest BCUT2D eigenvalue weighted by molar-refractivity contribution is 0.0601. The number of nitrogens with zero attached hydrogens (tertiary/aromatic N) is 2. The molecular formula is C21H23N3O6. The first-order chi connectivity index (χ1) is 14.6. The lowest BCUT2D eigenvalue weighted by Gasteiger charge is -2.14. The van der Waals surface area contributed by atoms with E-state index in [0.717, 1.165) is 11.3 Å². The van der Waals surface area contributed by atoms with E-state index < -0.39 is 5.97 Å². The molecule has 0 bridgehead atoms. The first kappa shape index (κ1) is 21.0. The Labute approximate surface area is 173 Å². The van der Waals surface area contributed by atoms with Gasteiger partial charge in [-0.1, -0.05) is 5.16 Å². The van der Waals surface area contributed by atoms with E-state index in [9.17, 15) is 4.79 Å². The zero-order chi connectivity index (χ0) is 21.5. The predicted molar refractivity (Wildman–Crippen MR) is 109 cm³/mol. The number of aromatic nitrogens is 2. The molecule has 3 aromatic rings. The predicted octanol–water partition coefficient (Wildman–Crippen LogP) is 3.55. The number of nitrogens with one attached hydrogen (secondary N) is 1. The maximum Gasteiger partial charge on any atom is 0.340 e. The number of ether oxygens (including phenoxy) is 4. The van der Waals surface area contributed by atoms with Gasteiger partial charge in [0.2, 0.25) is 11.7 Å². The third-order valence-corrected chi connectivity index (χ3v) is 4.25. The topological polar surface area (TPSA) is 105 Å². The molecule has 0 aliphatic rings. The molecule has 1 N–H and O–H groups in total. The zero-order valence-electron chi connectivity index (χ0n) is 17.2. The highest BCUT2D eigenvalue weighted by Gasteiger charge is 2.18. The van der Waals surface area contributed by atoms with Crippen molar-refractivity contribution in [1.82, 2.24) is 10.1 Å². The Morgan fingerprint density at radius 3 is 2.40 bits per heavy atom. The lowest BCUT2D eigenvalue weighted by atomic mass is 10.1. The van der Waals surface area contributed by atoms with Crippen LogP contribution >= 0.6 is 0 Å². The smallest absolute Gasteiger partial charge is 0.340 e. The average molecular weight is 413 g/mol. The Kier molecular flexibility index (Phi) is 6.74. The van der Waals surface area contributed by atoms with Crippen molar-refractivity contribution in [3.8, 4) is 28.6 Å². The number of benzene rings is 2. The van der Waals surface area contributed by atoms with Gasteiger partial charge in [0.05, 0.1) is 45.7 Å². The molecule has 9 heteroatoms. The summed E-state index contributed by atoms with van der Waals surface area (Å²) in [5.74, 6) is 1.95. The first-order valence-electron chi connectivity index (χ1n) is 9.23. The van der Waals surface area contributed by atoms with E-state index in [-0.39, 0.29) is 6.54 Å². The van der Waals surface area contributed by atoms with Crippen LogP contribution in [0.15, 0.2) is 40.9 Å². The molecule has 0 saturated heterocycles. The fourth-order valence-electron chi connectivity index (χ4n) is 2.79. The van der Waals surface area contributed by atoms with E-state index in [4.69, 9.17) is 23.5 Å². The van der Waals surface area contributed by atoms with Gasteiger partial charge in [-0.05, 0) is 31.2 Å². The Bertz CT molecular complexity index is 1000. The second-order valence-electron chi connectivity index (χ2n) is 6.07. The molecule has 0 aliphatic carbocycles. The van der Waals surface area contributed by atoms with E-state index in [1.165, 1.54) is 21.3 Å². The molecule has 30 heavy (non-hydrogen) atoms. The normalized spacial score (nSPS) is 10.4. The molecule has 158 valence electrons. The Morgan fingerprint density at radius 1 is 1.07 bits per heavy atom. The zero-order valence-corrected chi connectivity index (χ0v) is 17.2. The summed E-state index contributed by atoms with van der Waals surface area (Å²) in [6.07, 6.45) is 0. The molecule has 3 rings (SSSR count). The fraction of sp³-hybridized carbons (Fsp3) is 0.286. The van der Waals surface area contributed by atoms with Gasteiger partial charge in [-0.15, -0.1) is 0 Å². The van der Waals surface area contributed by atoms with E-state index >= 15 is 0 Å². The maximum atomic E-state index is 12.2. The van der Waals surface area contributed by atoms with Crippen molar-refractivity contribution in [2.75, 3.05) is 33.3 Å². The van der Waals surface area contributed by atoms with Crippen LogP contribution in [-0.4, -0.2) is 44.0 Å². The highest BCUT2D eigenvalue weighted by Crippen LogP contribution is 2.34. The molecule has 0 atom stereocenters. The van der Waals surface area contributed by atoms with Crippen LogP contribution in [0.3, 0.4) is 0 Å². The van der Waals surface area contributed by atoms with Gasteiger partial charge in [0.1, 0.15) is 5.75 Å². The van der Waals surface area contributed by atoms with Crippen LogP contribution in [0.4, 0.5) is 5.69 Å². The van der Waals surface area contributed by atoms with Crippen LogP contribution < -0.4 is 19.5 Å². The molecule has 0 amide bonds. The minimum Gasteiger partial charge on any atom is -0.494 e. The van der Waals surface area contributed by atoms with Gasteiger partial charge in [-0.2, -0.15) is 4.98 Å². The third kappa shape index (κ3) is 4.62. The molecule has 1 aromatic heterocycles. The van der Waals surface area contributed by atoms with Crippen molar-refractivity contribution in [3.05, 3.63) is 47.9 Å². The summed E-state index contributed by atoms with van der Waals surface area (Å²) in [5.41, 5.74) is 1.58. The van der Waals surface area contributed by atoms with Crippen LogP contribution in [-0.2, 0) is 11.3 Å². The van der Waals surface area contributed by atoms with Gasteiger partial charge in [0.15, 0.2) is 11.5 Å².